The molecule has 2 fully saturated rings. The molecule has 3 aromatic rings. The van der Waals surface area contributed by atoms with Crippen LogP contribution in [0.2, 0.25) is 10.0 Å². The quantitative estimate of drug-likeness (QED) is 0.154. The SMILES string of the molecule is NS(=O)(=O)c1cccc(S(=O)(=O)N2CCO[C@@H](C(=O)O[C@@H](Cc3c(Cl)c[n+]([O-])cc3Cl)c3ccc(OC(F)F)c(OCC4CC4)c3)C2)c1. The summed E-state index contributed by atoms with van der Waals surface area (Å²) in [6.07, 6.45) is 1.07. The van der Waals surface area contributed by atoms with E-state index in [1.165, 1.54) is 30.3 Å². The highest BCUT2D eigenvalue weighted by Gasteiger charge is 2.37. The lowest BCUT2D eigenvalue weighted by Gasteiger charge is -2.32. The fourth-order valence-corrected chi connectivity index (χ4v) is 7.53. The van der Waals surface area contributed by atoms with Crippen molar-refractivity contribution in [3.05, 3.63) is 81.2 Å². The molecule has 1 aromatic heterocycles. The molecular weight excluding hydrogens is 723 g/mol. The third-order valence-corrected chi connectivity index (χ3v) is 10.9. The number of carbonyl (C=O) groups is 1. The number of alkyl halides is 2. The summed E-state index contributed by atoms with van der Waals surface area (Å²) in [5, 5.41) is 16.9. The summed E-state index contributed by atoms with van der Waals surface area (Å²) in [5.41, 5.74) is 0.474. The molecule has 48 heavy (non-hydrogen) atoms. The van der Waals surface area contributed by atoms with Gasteiger partial charge in [-0.3, -0.25) is 0 Å². The Bertz CT molecular complexity index is 1880. The number of primary sulfonamides is 1. The second kappa shape index (κ2) is 14.7. The van der Waals surface area contributed by atoms with Gasteiger partial charge in [-0.05, 0) is 54.7 Å². The highest BCUT2D eigenvalue weighted by molar-refractivity contribution is 7.90. The van der Waals surface area contributed by atoms with Gasteiger partial charge in [-0.15, -0.1) is 0 Å². The van der Waals surface area contributed by atoms with Gasteiger partial charge in [0.1, 0.15) is 16.1 Å². The third kappa shape index (κ3) is 8.82. The summed E-state index contributed by atoms with van der Waals surface area (Å²) in [6.45, 7) is -3.76. The van der Waals surface area contributed by atoms with Crippen LogP contribution < -0.4 is 19.3 Å². The monoisotopic (exact) mass is 751 g/mol. The highest BCUT2D eigenvalue weighted by atomic mass is 35.5. The van der Waals surface area contributed by atoms with Gasteiger partial charge < -0.3 is 24.2 Å². The minimum Gasteiger partial charge on any atom is -0.619 e. The van der Waals surface area contributed by atoms with Crippen molar-refractivity contribution in [1.82, 2.24) is 4.31 Å². The Hall–Kier alpha value is -3.32. The van der Waals surface area contributed by atoms with Crippen LogP contribution in [-0.2, 0) is 40.7 Å². The van der Waals surface area contributed by atoms with Gasteiger partial charge in [0.05, 0.1) is 29.5 Å². The first kappa shape index (κ1) is 36.0. The first-order valence-corrected chi connectivity index (χ1v) is 18.1. The van der Waals surface area contributed by atoms with Gasteiger partial charge in [0, 0.05) is 18.5 Å². The number of pyridine rings is 1. The average Bonchev–Trinajstić information content (AvgIpc) is 3.86. The van der Waals surface area contributed by atoms with E-state index >= 15 is 0 Å². The van der Waals surface area contributed by atoms with Crippen LogP contribution in [0.3, 0.4) is 0 Å². The molecular formula is C29H29Cl2F2N3O10S2. The van der Waals surface area contributed by atoms with E-state index in [0.29, 0.717) is 4.73 Å². The summed E-state index contributed by atoms with van der Waals surface area (Å²) in [5.74, 6) is -1.01. The number of benzene rings is 2. The summed E-state index contributed by atoms with van der Waals surface area (Å²) < 4.78 is 99.9. The minimum absolute atomic E-state index is 0.0312. The number of ether oxygens (including phenoxy) is 4. The molecule has 2 aromatic carbocycles. The van der Waals surface area contributed by atoms with Crippen molar-refractivity contribution in [3.8, 4) is 11.5 Å². The fraction of sp³-hybridized carbons (Fsp3) is 0.379. The van der Waals surface area contributed by atoms with E-state index in [4.69, 9.17) is 42.6 Å². The van der Waals surface area contributed by atoms with Gasteiger partial charge in [-0.25, -0.2) is 26.8 Å². The predicted octanol–water partition coefficient (Wildman–Crippen LogP) is 3.58. The lowest BCUT2D eigenvalue weighted by atomic mass is 10.0. The number of hydrogen-bond donors (Lipinski definition) is 1. The Labute approximate surface area is 284 Å². The van der Waals surface area contributed by atoms with Gasteiger partial charge in [-0.1, -0.05) is 35.3 Å². The van der Waals surface area contributed by atoms with E-state index in [1.54, 1.807) is 0 Å². The maximum absolute atomic E-state index is 13.6. The van der Waals surface area contributed by atoms with Gasteiger partial charge in [-0.2, -0.15) is 17.8 Å². The van der Waals surface area contributed by atoms with E-state index in [2.05, 4.69) is 4.74 Å². The number of halogens is 4. The number of hydrogen-bond acceptors (Lipinski definition) is 10. The number of carbonyl (C=O) groups excluding carboxylic acids is 1. The van der Waals surface area contributed by atoms with Crippen LogP contribution in [0.25, 0.3) is 0 Å². The van der Waals surface area contributed by atoms with Crippen LogP contribution in [0.5, 0.6) is 11.5 Å². The Kier molecular flexibility index (Phi) is 11.0. The summed E-state index contributed by atoms with van der Waals surface area (Å²) >= 11 is 12.6. The van der Waals surface area contributed by atoms with Crippen molar-refractivity contribution in [2.75, 3.05) is 26.3 Å². The van der Waals surface area contributed by atoms with E-state index in [1.807, 2.05) is 0 Å². The van der Waals surface area contributed by atoms with Crippen molar-refractivity contribution >= 4 is 49.2 Å². The van der Waals surface area contributed by atoms with Crippen LogP contribution in [-0.4, -0.2) is 66.1 Å². The average molecular weight is 753 g/mol. The van der Waals surface area contributed by atoms with E-state index in [-0.39, 0.29) is 69.7 Å². The molecule has 1 aliphatic heterocycles. The molecule has 2 N–H and O–H groups in total. The second-order valence-corrected chi connectivity index (χ2v) is 15.3. The highest BCUT2D eigenvalue weighted by Crippen LogP contribution is 2.38. The van der Waals surface area contributed by atoms with Gasteiger partial charge in [0.15, 0.2) is 30.0 Å². The minimum atomic E-state index is -4.32. The summed E-state index contributed by atoms with van der Waals surface area (Å²) in [7, 11) is -8.52. The Balaban J connectivity index is 1.43. The number of nitrogens with zero attached hydrogens (tertiary/aromatic N) is 2. The number of nitrogens with two attached hydrogens (primary N) is 1. The zero-order valence-electron chi connectivity index (χ0n) is 24.8. The second-order valence-electron chi connectivity index (χ2n) is 11.0. The van der Waals surface area contributed by atoms with Crippen molar-refractivity contribution in [2.45, 2.75) is 47.9 Å². The molecule has 2 aliphatic rings. The number of esters is 1. The molecule has 0 amide bonds. The molecule has 0 unspecified atom stereocenters. The molecule has 0 spiro atoms. The van der Waals surface area contributed by atoms with Gasteiger partial charge in [0.25, 0.3) is 0 Å². The third-order valence-electron chi connectivity index (χ3n) is 7.50. The zero-order chi connectivity index (χ0) is 34.8. The Morgan fingerprint density at radius 3 is 2.40 bits per heavy atom. The standard InChI is InChI=1S/C29H29Cl2F2N3O10S2/c30-22-13-35(38)14-23(31)21(22)12-25(18-6-7-24(46-29(32)33)26(10-18)44-16-17-4-5-17)45-28(37)27-15-36(8-9-43-27)48(41,42)20-3-1-2-19(11-20)47(34,39)40/h1-3,6-7,10-11,13-14,17,25,27,29H,4-5,8-9,12,15-16H2,(H2,34,39,40)/t25-,27+/m0/s1. The predicted molar refractivity (Wildman–Crippen MR) is 166 cm³/mol. The first-order chi connectivity index (χ1) is 22.6. The maximum atomic E-state index is 13.6. The van der Waals surface area contributed by atoms with Crippen LogP contribution in [0.1, 0.15) is 30.1 Å². The van der Waals surface area contributed by atoms with Gasteiger partial charge in [0.2, 0.25) is 20.0 Å². The maximum Gasteiger partial charge on any atom is 0.387 e. The van der Waals surface area contributed by atoms with Crippen LogP contribution >= 0.6 is 23.2 Å². The van der Waals surface area contributed by atoms with Crippen molar-refractivity contribution in [2.24, 2.45) is 11.1 Å². The summed E-state index contributed by atoms with van der Waals surface area (Å²) in [4.78, 5) is 12.8. The largest absolute Gasteiger partial charge is 0.619 e. The molecule has 2 atom stereocenters. The van der Waals surface area contributed by atoms with Crippen molar-refractivity contribution in [3.63, 3.8) is 0 Å². The number of rotatable bonds is 13. The molecule has 1 aliphatic carbocycles. The van der Waals surface area contributed by atoms with E-state index in [9.17, 15) is 35.6 Å². The normalized spacial score (nSPS) is 18.0. The van der Waals surface area contributed by atoms with Crippen molar-refractivity contribution < 1.29 is 54.1 Å². The van der Waals surface area contributed by atoms with Crippen LogP contribution in [0, 0.1) is 11.1 Å². The smallest absolute Gasteiger partial charge is 0.387 e. The number of sulfonamides is 2. The van der Waals surface area contributed by atoms with Gasteiger partial charge >= 0.3 is 12.6 Å². The molecule has 5 rings (SSSR count). The molecule has 1 saturated carbocycles. The fourth-order valence-electron chi connectivity index (χ4n) is 4.83. The van der Waals surface area contributed by atoms with Crippen LogP contribution in [0.15, 0.2) is 64.6 Å². The molecule has 0 bridgehead atoms. The lowest BCUT2D eigenvalue weighted by Crippen LogP contribution is -2.49. The van der Waals surface area contributed by atoms with E-state index in [0.717, 1.165) is 41.7 Å². The molecule has 0 radical (unpaired) electrons. The molecule has 1 saturated heterocycles. The molecule has 2 heterocycles. The van der Waals surface area contributed by atoms with E-state index < -0.39 is 56.3 Å². The molecule has 260 valence electrons. The topological polar surface area (TPSA) is 178 Å². The zero-order valence-corrected chi connectivity index (χ0v) is 28.0. The Morgan fingerprint density at radius 2 is 1.75 bits per heavy atom. The number of morpholine rings is 1. The molecule has 13 nitrogen and oxygen atoms in total. The van der Waals surface area contributed by atoms with Crippen molar-refractivity contribution in [1.29, 1.82) is 0 Å². The lowest BCUT2D eigenvalue weighted by molar-refractivity contribution is -0.605. The summed E-state index contributed by atoms with van der Waals surface area (Å²) in [6, 6.07) is 8.43. The number of aromatic nitrogens is 1. The molecule has 19 heteroatoms. The first-order valence-electron chi connectivity index (χ1n) is 14.3. The Morgan fingerprint density at radius 1 is 1.06 bits per heavy atom. The van der Waals surface area contributed by atoms with Crippen LogP contribution in [0.4, 0.5) is 8.78 Å².